The summed E-state index contributed by atoms with van der Waals surface area (Å²) in [5.74, 6) is 0.903. The van der Waals surface area contributed by atoms with Crippen molar-refractivity contribution in [3.05, 3.63) is 0 Å². The first-order valence-electron chi connectivity index (χ1n) is 8.01. The molecule has 3 heteroatoms. The van der Waals surface area contributed by atoms with Gasteiger partial charge in [0.1, 0.15) is 0 Å². The van der Waals surface area contributed by atoms with Crippen LogP contribution in [0.2, 0.25) is 0 Å². The molecule has 114 valence electrons. The average molecular weight is 269 g/mol. The maximum atomic E-state index is 3.56. The van der Waals surface area contributed by atoms with E-state index >= 15 is 0 Å². The van der Waals surface area contributed by atoms with Crippen LogP contribution in [0.15, 0.2) is 0 Å². The van der Waals surface area contributed by atoms with Gasteiger partial charge in [-0.25, -0.2) is 0 Å². The van der Waals surface area contributed by atoms with Gasteiger partial charge in [-0.1, -0.05) is 20.8 Å². The van der Waals surface area contributed by atoms with Crippen LogP contribution in [0.25, 0.3) is 0 Å². The third-order valence-corrected chi connectivity index (χ3v) is 4.14. The molecule has 0 amide bonds. The molecular weight excluding hydrogens is 234 g/mol. The van der Waals surface area contributed by atoms with Crippen molar-refractivity contribution in [2.24, 2.45) is 11.3 Å². The van der Waals surface area contributed by atoms with E-state index in [9.17, 15) is 0 Å². The van der Waals surface area contributed by atoms with E-state index in [1.165, 1.54) is 45.4 Å². The SMILES string of the molecule is CCCNCC(C)(C)CN(C)CC1CCN(C)CC1. The van der Waals surface area contributed by atoms with Crippen molar-refractivity contribution in [3.8, 4) is 0 Å². The van der Waals surface area contributed by atoms with Crippen molar-refractivity contribution in [1.29, 1.82) is 0 Å². The fraction of sp³-hybridized carbons (Fsp3) is 1.00. The molecule has 1 aliphatic rings. The summed E-state index contributed by atoms with van der Waals surface area (Å²) in [4.78, 5) is 5.00. The molecule has 1 saturated heterocycles. The second-order valence-electron chi connectivity index (χ2n) is 7.28. The highest BCUT2D eigenvalue weighted by Gasteiger charge is 2.23. The Morgan fingerprint density at radius 2 is 1.89 bits per heavy atom. The first kappa shape index (κ1) is 16.9. The van der Waals surface area contributed by atoms with Crippen molar-refractivity contribution in [3.63, 3.8) is 0 Å². The molecule has 19 heavy (non-hydrogen) atoms. The predicted octanol–water partition coefficient (Wildman–Crippen LogP) is 2.29. The maximum Gasteiger partial charge on any atom is 0.00419 e. The summed E-state index contributed by atoms with van der Waals surface area (Å²) in [6.45, 7) is 14.3. The van der Waals surface area contributed by atoms with Crippen molar-refractivity contribution in [1.82, 2.24) is 15.1 Å². The van der Waals surface area contributed by atoms with E-state index in [1.54, 1.807) is 0 Å². The van der Waals surface area contributed by atoms with Crippen LogP contribution in [-0.2, 0) is 0 Å². The summed E-state index contributed by atoms with van der Waals surface area (Å²) < 4.78 is 0. The quantitative estimate of drug-likeness (QED) is 0.682. The van der Waals surface area contributed by atoms with E-state index in [0.29, 0.717) is 5.41 Å². The molecule has 1 N–H and O–H groups in total. The maximum absolute atomic E-state index is 3.56. The topological polar surface area (TPSA) is 18.5 Å². The molecule has 1 fully saturated rings. The Bertz CT molecular complexity index is 232. The minimum atomic E-state index is 0.370. The Hall–Kier alpha value is -0.120. The van der Waals surface area contributed by atoms with Crippen LogP contribution in [-0.4, -0.2) is 63.2 Å². The number of likely N-dealkylation sites (tertiary alicyclic amines) is 1. The molecule has 1 aliphatic heterocycles. The number of hydrogen-bond donors (Lipinski definition) is 1. The van der Waals surface area contributed by atoms with Gasteiger partial charge in [0.05, 0.1) is 0 Å². The fourth-order valence-corrected chi connectivity index (χ4v) is 3.14. The van der Waals surface area contributed by atoms with E-state index < -0.39 is 0 Å². The van der Waals surface area contributed by atoms with E-state index in [1.807, 2.05) is 0 Å². The number of nitrogens with zero attached hydrogens (tertiary/aromatic N) is 2. The molecule has 1 rings (SSSR count). The molecule has 0 bridgehead atoms. The smallest absolute Gasteiger partial charge is 0.00419 e. The van der Waals surface area contributed by atoms with Gasteiger partial charge in [-0.2, -0.15) is 0 Å². The molecule has 0 saturated carbocycles. The monoisotopic (exact) mass is 269 g/mol. The highest BCUT2D eigenvalue weighted by molar-refractivity contribution is 4.78. The van der Waals surface area contributed by atoms with Crippen LogP contribution < -0.4 is 5.32 Å². The van der Waals surface area contributed by atoms with E-state index in [4.69, 9.17) is 0 Å². The van der Waals surface area contributed by atoms with Gasteiger partial charge >= 0.3 is 0 Å². The summed E-state index contributed by atoms with van der Waals surface area (Å²) in [7, 11) is 4.53. The minimum Gasteiger partial charge on any atom is -0.316 e. The first-order chi connectivity index (χ1) is 8.93. The van der Waals surface area contributed by atoms with Crippen molar-refractivity contribution in [2.75, 3.05) is 53.4 Å². The summed E-state index contributed by atoms with van der Waals surface area (Å²) in [6.07, 6.45) is 3.96. The third kappa shape index (κ3) is 7.28. The van der Waals surface area contributed by atoms with Crippen molar-refractivity contribution >= 4 is 0 Å². The standard InChI is InChI=1S/C16H35N3/c1-6-9-17-13-16(2,3)14-19(5)12-15-7-10-18(4)11-8-15/h15,17H,6-14H2,1-5H3. The lowest BCUT2D eigenvalue weighted by atomic mass is 9.91. The molecule has 1 heterocycles. The van der Waals surface area contributed by atoms with Gasteiger partial charge in [0.15, 0.2) is 0 Å². The van der Waals surface area contributed by atoms with Crippen LogP contribution >= 0.6 is 0 Å². The minimum absolute atomic E-state index is 0.370. The van der Waals surface area contributed by atoms with Gasteiger partial charge in [0, 0.05) is 19.6 Å². The third-order valence-electron chi connectivity index (χ3n) is 4.14. The fourth-order valence-electron chi connectivity index (χ4n) is 3.14. The molecule has 3 nitrogen and oxygen atoms in total. The second-order valence-corrected chi connectivity index (χ2v) is 7.28. The lowest BCUT2D eigenvalue weighted by molar-refractivity contribution is 0.144. The van der Waals surface area contributed by atoms with Gasteiger partial charge in [0.25, 0.3) is 0 Å². The highest BCUT2D eigenvalue weighted by atomic mass is 15.1. The second kappa shape index (κ2) is 8.23. The molecule has 0 unspecified atom stereocenters. The normalized spacial score (nSPS) is 19.3. The lowest BCUT2D eigenvalue weighted by Gasteiger charge is -2.35. The molecule has 0 atom stereocenters. The number of nitrogens with one attached hydrogen (secondary N) is 1. The van der Waals surface area contributed by atoms with Gasteiger partial charge in [-0.05, 0) is 64.3 Å². The van der Waals surface area contributed by atoms with E-state index in [0.717, 1.165) is 19.0 Å². The van der Waals surface area contributed by atoms with Gasteiger partial charge in [-0.3, -0.25) is 0 Å². The van der Waals surface area contributed by atoms with E-state index in [-0.39, 0.29) is 0 Å². The molecule has 0 aliphatic carbocycles. The largest absolute Gasteiger partial charge is 0.316 e. The molecule has 0 spiro atoms. The van der Waals surface area contributed by atoms with Gasteiger partial charge in [-0.15, -0.1) is 0 Å². The van der Waals surface area contributed by atoms with Crippen LogP contribution in [0.3, 0.4) is 0 Å². The number of rotatable bonds is 8. The predicted molar refractivity (Wildman–Crippen MR) is 84.7 cm³/mol. The van der Waals surface area contributed by atoms with Crippen molar-refractivity contribution in [2.45, 2.75) is 40.0 Å². The zero-order valence-electron chi connectivity index (χ0n) is 13.8. The zero-order chi connectivity index (χ0) is 14.3. The molecular formula is C16H35N3. The number of hydrogen-bond acceptors (Lipinski definition) is 3. The summed E-state index contributed by atoms with van der Waals surface area (Å²) in [5, 5.41) is 3.56. The van der Waals surface area contributed by atoms with Gasteiger partial charge < -0.3 is 15.1 Å². The lowest BCUT2D eigenvalue weighted by Crippen LogP contribution is -2.42. The van der Waals surface area contributed by atoms with Crippen LogP contribution in [0.4, 0.5) is 0 Å². The molecule has 0 aromatic heterocycles. The van der Waals surface area contributed by atoms with Gasteiger partial charge in [0.2, 0.25) is 0 Å². The average Bonchev–Trinajstić information content (AvgIpc) is 2.31. The summed E-state index contributed by atoms with van der Waals surface area (Å²) in [6, 6.07) is 0. The van der Waals surface area contributed by atoms with Crippen LogP contribution in [0, 0.1) is 11.3 Å². The molecule has 0 aromatic carbocycles. The Morgan fingerprint density at radius 1 is 1.26 bits per heavy atom. The zero-order valence-corrected chi connectivity index (χ0v) is 13.8. The molecule has 0 radical (unpaired) electrons. The molecule has 0 aromatic rings. The highest BCUT2D eigenvalue weighted by Crippen LogP contribution is 2.20. The van der Waals surface area contributed by atoms with Crippen molar-refractivity contribution < 1.29 is 0 Å². The van der Waals surface area contributed by atoms with Crippen LogP contribution in [0.1, 0.15) is 40.0 Å². The summed E-state index contributed by atoms with van der Waals surface area (Å²) >= 11 is 0. The van der Waals surface area contributed by atoms with E-state index in [2.05, 4.69) is 50.0 Å². The Balaban J connectivity index is 2.23. The Morgan fingerprint density at radius 3 is 2.47 bits per heavy atom. The van der Waals surface area contributed by atoms with Crippen LogP contribution in [0.5, 0.6) is 0 Å². The first-order valence-corrected chi connectivity index (χ1v) is 8.01. The number of piperidine rings is 1. The Labute approximate surface area is 120 Å². The Kier molecular flexibility index (Phi) is 7.33. The summed E-state index contributed by atoms with van der Waals surface area (Å²) in [5.41, 5.74) is 0.370.